The molecule has 0 aliphatic carbocycles. The molecule has 0 aromatic rings. The minimum atomic E-state index is 0.527. The minimum absolute atomic E-state index is 0.527. The van der Waals surface area contributed by atoms with Crippen LogP contribution >= 0.6 is 0 Å². The Morgan fingerprint density at radius 3 is 1.94 bits per heavy atom. The lowest BCUT2D eigenvalue weighted by atomic mass is 9.74. The molecule has 0 bridgehead atoms. The third-order valence-corrected chi connectivity index (χ3v) is 3.95. The molecule has 1 N–H and O–H groups in total. The van der Waals surface area contributed by atoms with Crippen LogP contribution in [0, 0.1) is 11.3 Å². The smallest absolute Gasteiger partial charge is 0.00106 e. The first-order chi connectivity index (χ1) is 7.49. The second-order valence-electron chi connectivity index (χ2n) is 5.84. The third kappa shape index (κ3) is 5.89. The molecular formula is C15H33N. The van der Waals surface area contributed by atoms with Crippen LogP contribution in [0.25, 0.3) is 0 Å². The Kier molecular flexibility index (Phi) is 8.09. The van der Waals surface area contributed by atoms with Crippen molar-refractivity contribution in [1.29, 1.82) is 0 Å². The summed E-state index contributed by atoms with van der Waals surface area (Å²) in [6.07, 6.45) is 6.69. The quantitative estimate of drug-likeness (QED) is 0.606. The molecule has 0 aliphatic rings. The van der Waals surface area contributed by atoms with E-state index in [0.717, 1.165) is 5.92 Å². The van der Waals surface area contributed by atoms with Crippen LogP contribution in [-0.2, 0) is 0 Å². The van der Waals surface area contributed by atoms with Gasteiger partial charge in [-0.3, -0.25) is 0 Å². The largest absolute Gasteiger partial charge is 0.314 e. The Labute approximate surface area is 103 Å². The Balaban J connectivity index is 4.30. The molecule has 0 aromatic carbocycles. The Morgan fingerprint density at radius 2 is 1.56 bits per heavy atom. The molecule has 1 unspecified atom stereocenters. The van der Waals surface area contributed by atoms with Crippen LogP contribution in [0.15, 0.2) is 0 Å². The van der Waals surface area contributed by atoms with Crippen LogP contribution in [0.2, 0.25) is 0 Å². The molecule has 16 heavy (non-hydrogen) atoms. The first kappa shape index (κ1) is 16.0. The molecule has 0 heterocycles. The van der Waals surface area contributed by atoms with Gasteiger partial charge in [-0.1, -0.05) is 54.4 Å². The van der Waals surface area contributed by atoms with E-state index in [4.69, 9.17) is 0 Å². The SMILES string of the molecule is CCCC(C)CC(CC)(CC)CNC(C)C. The average Bonchev–Trinajstić information content (AvgIpc) is 2.24. The zero-order valence-corrected chi connectivity index (χ0v) is 12.4. The maximum Gasteiger partial charge on any atom is 0.00106 e. The molecule has 1 atom stereocenters. The van der Waals surface area contributed by atoms with E-state index in [-0.39, 0.29) is 0 Å². The number of rotatable bonds is 9. The second kappa shape index (κ2) is 8.11. The van der Waals surface area contributed by atoms with E-state index < -0.39 is 0 Å². The summed E-state index contributed by atoms with van der Waals surface area (Å²) in [5, 5.41) is 3.64. The zero-order valence-electron chi connectivity index (χ0n) is 12.4. The fourth-order valence-corrected chi connectivity index (χ4v) is 2.62. The predicted octanol–water partition coefficient (Wildman–Crippen LogP) is 4.62. The van der Waals surface area contributed by atoms with Gasteiger partial charge < -0.3 is 5.32 Å². The van der Waals surface area contributed by atoms with Gasteiger partial charge >= 0.3 is 0 Å². The Morgan fingerprint density at radius 1 is 1.00 bits per heavy atom. The van der Waals surface area contributed by atoms with Gasteiger partial charge in [-0.05, 0) is 30.6 Å². The van der Waals surface area contributed by atoms with E-state index in [1.807, 2.05) is 0 Å². The summed E-state index contributed by atoms with van der Waals surface area (Å²) in [7, 11) is 0. The molecule has 0 amide bonds. The van der Waals surface area contributed by atoms with E-state index in [9.17, 15) is 0 Å². The van der Waals surface area contributed by atoms with Gasteiger partial charge in [-0.2, -0.15) is 0 Å². The van der Waals surface area contributed by atoms with Crippen molar-refractivity contribution in [2.75, 3.05) is 6.54 Å². The van der Waals surface area contributed by atoms with Crippen LogP contribution in [0.1, 0.15) is 73.6 Å². The summed E-state index contributed by atoms with van der Waals surface area (Å²) < 4.78 is 0. The van der Waals surface area contributed by atoms with E-state index in [1.165, 1.54) is 38.6 Å². The summed E-state index contributed by atoms with van der Waals surface area (Å²) in [5.74, 6) is 0.874. The van der Waals surface area contributed by atoms with Crippen LogP contribution in [-0.4, -0.2) is 12.6 Å². The van der Waals surface area contributed by atoms with Crippen LogP contribution < -0.4 is 5.32 Å². The lowest BCUT2D eigenvalue weighted by Gasteiger charge is -2.35. The zero-order chi connectivity index (χ0) is 12.6. The van der Waals surface area contributed by atoms with Gasteiger partial charge in [0.15, 0.2) is 0 Å². The molecule has 98 valence electrons. The molecule has 1 heteroatoms. The fraction of sp³-hybridized carbons (Fsp3) is 1.00. The lowest BCUT2D eigenvalue weighted by molar-refractivity contribution is 0.183. The van der Waals surface area contributed by atoms with Crippen molar-refractivity contribution in [3.8, 4) is 0 Å². The van der Waals surface area contributed by atoms with Gasteiger partial charge in [-0.25, -0.2) is 0 Å². The summed E-state index contributed by atoms with van der Waals surface area (Å²) in [6, 6.07) is 0.610. The average molecular weight is 227 g/mol. The van der Waals surface area contributed by atoms with E-state index in [1.54, 1.807) is 0 Å². The van der Waals surface area contributed by atoms with Crippen molar-refractivity contribution in [2.45, 2.75) is 79.7 Å². The molecule has 0 spiro atoms. The lowest BCUT2D eigenvalue weighted by Crippen LogP contribution is -2.38. The summed E-state index contributed by atoms with van der Waals surface area (Å²) in [6.45, 7) is 15.1. The Bertz CT molecular complexity index is 159. The van der Waals surface area contributed by atoms with Crippen LogP contribution in [0.4, 0.5) is 0 Å². The molecule has 0 aromatic heterocycles. The van der Waals surface area contributed by atoms with Crippen molar-refractivity contribution in [3.05, 3.63) is 0 Å². The Hall–Kier alpha value is -0.0400. The highest BCUT2D eigenvalue weighted by Gasteiger charge is 2.27. The summed E-state index contributed by atoms with van der Waals surface area (Å²) >= 11 is 0. The minimum Gasteiger partial charge on any atom is -0.314 e. The molecule has 0 radical (unpaired) electrons. The molecular weight excluding hydrogens is 194 g/mol. The molecule has 0 rings (SSSR count). The molecule has 0 fully saturated rings. The second-order valence-corrected chi connectivity index (χ2v) is 5.84. The number of hydrogen-bond donors (Lipinski definition) is 1. The number of hydrogen-bond acceptors (Lipinski definition) is 1. The van der Waals surface area contributed by atoms with Crippen molar-refractivity contribution < 1.29 is 0 Å². The van der Waals surface area contributed by atoms with Gasteiger partial charge in [-0.15, -0.1) is 0 Å². The van der Waals surface area contributed by atoms with Gasteiger partial charge in [0.25, 0.3) is 0 Å². The first-order valence-corrected chi connectivity index (χ1v) is 7.23. The van der Waals surface area contributed by atoms with Gasteiger partial charge in [0.1, 0.15) is 0 Å². The van der Waals surface area contributed by atoms with Crippen molar-refractivity contribution >= 4 is 0 Å². The molecule has 0 saturated carbocycles. The van der Waals surface area contributed by atoms with E-state index in [0.29, 0.717) is 11.5 Å². The maximum absolute atomic E-state index is 3.64. The highest BCUT2D eigenvalue weighted by molar-refractivity contribution is 4.81. The highest BCUT2D eigenvalue weighted by Crippen LogP contribution is 2.34. The van der Waals surface area contributed by atoms with Gasteiger partial charge in [0.2, 0.25) is 0 Å². The monoisotopic (exact) mass is 227 g/mol. The first-order valence-electron chi connectivity index (χ1n) is 7.23. The maximum atomic E-state index is 3.64. The van der Waals surface area contributed by atoms with Crippen molar-refractivity contribution in [1.82, 2.24) is 5.32 Å². The van der Waals surface area contributed by atoms with E-state index >= 15 is 0 Å². The van der Waals surface area contributed by atoms with Crippen LogP contribution in [0.5, 0.6) is 0 Å². The molecule has 0 aliphatic heterocycles. The normalized spacial score (nSPS) is 14.4. The van der Waals surface area contributed by atoms with Crippen molar-refractivity contribution in [3.63, 3.8) is 0 Å². The molecule has 1 nitrogen and oxygen atoms in total. The van der Waals surface area contributed by atoms with Crippen molar-refractivity contribution in [2.24, 2.45) is 11.3 Å². The summed E-state index contributed by atoms with van der Waals surface area (Å²) in [4.78, 5) is 0. The van der Waals surface area contributed by atoms with E-state index in [2.05, 4.69) is 46.9 Å². The molecule has 0 saturated heterocycles. The van der Waals surface area contributed by atoms with Gasteiger partial charge in [0, 0.05) is 12.6 Å². The topological polar surface area (TPSA) is 12.0 Å². The predicted molar refractivity (Wildman–Crippen MR) is 74.8 cm³/mol. The van der Waals surface area contributed by atoms with Crippen LogP contribution in [0.3, 0.4) is 0 Å². The number of nitrogens with one attached hydrogen (secondary N) is 1. The third-order valence-electron chi connectivity index (χ3n) is 3.95. The fourth-order valence-electron chi connectivity index (χ4n) is 2.62. The highest BCUT2D eigenvalue weighted by atomic mass is 14.9. The standard InChI is InChI=1S/C15H33N/c1-7-10-14(6)11-15(8-2,9-3)12-16-13(4)5/h13-14,16H,7-12H2,1-6H3. The van der Waals surface area contributed by atoms with Gasteiger partial charge in [0.05, 0.1) is 0 Å². The summed E-state index contributed by atoms with van der Waals surface area (Å²) in [5.41, 5.74) is 0.527.